The van der Waals surface area contributed by atoms with Gasteiger partial charge in [0.05, 0.1) is 0 Å². The molecule has 0 radical (unpaired) electrons. The van der Waals surface area contributed by atoms with Crippen LogP contribution in [0.3, 0.4) is 0 Å². The highest BCUT2D eigenvalue weighted by molar-refractivity contribution is 5.27. The smallest absolute Gasteiger partial charge is 0.191 e. The van der Waals surface area contributed by atoms with E-state index in [1.54, 1.807) is 0 Å². The lowest BCUT2D eigenvalue weighted by molar-refractivity contribution is -0.289. The van der Waals surface area contributed by atoms with Gasteiger partial charge in [-0.1, -0.05) is 37.6 Å². The van der Waals surface area contributed by atoms with E-state index in [1.165, 1.54) is 12.1 Å². The first kappa shape index (κ1) is 13.9. The van der Waals surface area contributed by atoms with E-state index in [9.17, 15) is 22.0 Å². The molecule has 0 aliphatic rings. The molecule has 0 aromatic heterocycles. The Morgan fingerprint density at radius 2 is 1.47 bits per heavy atom. The third-order valence-corrected chi connectivity index (χ3v) is 2.49. The molecule has 0 aliphatic heterocycles. The largest absolute Gasteiger partial charge is 0.458 e. The van der Waals surface area contributed by atoms with Crippen molar-refractivity contribution in [3.63, 3.8) is 0 Å². The van der Waals surface area contributed by atoms with Crippen molar-refractivity contribution in [2.45, 2.75) is 38.3 Å². The lowest BCUT2D eigenvalue weighted by atomic mass is 10.0. The zero-order chi connectivity index (χ0) is 13.1. The van der Waals surface area contributed by atoms with E-state index in [0.717, 1.165) is 30.5 Å². The van der Waals surface area contributed by atoms with E-state index in [0.29, 0.717) is 6.42 Å². The van der Waals surface area contributed by atoms with E-state index in [2.05, 4.69) is 0 Å². The standard InChI is InChI=1S/C12H13F5/c1-2-3-4-9-5-7-10(8-6-9)11(13,14)12(15,16)17/h5-8H,2-4H2,1H3. The van der Waals surface area contributed by atoms with E-state index in [-0.39, 0.29) is 0 Å². The van der Waals surface area contributed by atoms with Crippen molar-refractivity contribution in [1.29, 1.82) is 0 Å². The molecule has 0 atom stereocenters. The molecule has 0 nitrogen and oxygen atoms in total. The molecule has 0 bridgehead atoms. The van der Waals surface area contributed by atoms with Crippen LogP contribution in [0.2, 0.25) is 0 Å². The van der Waals surface area contributed by atoms with Crippen molar-refractivity contribution in [2.24, 2.45) is 0 Å². The molecule has 0 amide bonds. The van der Waals surface area contributed by atoms with Gasteiger partial charge >= 0.3 is 12.1 Å². The summed E-state index contributed by atoms with van der Waals surface area (Å²) in [4.78, 5) is 0. The van der Waals surface area contributed by atoms with Crippen LogP contribution in [0.15, 0.2) is 24.3 Å². The topological polar surface area (TPSA) is 0 Å². The fourth-order valence-corrected chi connectivity index (χ4v) is 1.43. The molecule has 0 unspecified atom stereocenters. The second-order valence-corrected chi connectivity index (χ2v) is 3.87. The normalized spacial score (nSPS) is 12.8. The zero-order valence-electron chi connectivity index (χ0n) is 9.32. The average molecular weight is 252 g/mol. The Labute approximate surface area is 96.4 Å². The summed E-state index contributed by atoms with van der Waals surface area (Å²) in [6.07, 6.45) is -3.03. The van der Waals surface area contributed by atoms with Crippen molar-refractivity contribution in [2.75, 3.05) is 0 Å². The maximum atomic E-state index is 12.9. The first-order valence-electron chi connectivity index (χ1n) is 5.33. The Balaban J connectivity index is 2.87. The SMILES string of the molecule is CCCCc1ccc(C(F)(F)C(F)(F)F)cc1. The van der Waals surface area contributed by atoms with Crippen LogP contribution in [0, 0.1) is 0 Å². The van der Waals surface area contributed by atoms with Gasteiger partial charge in [0.1, 0.15) is 0 Å². The van der Waals surface area contributed by atoms with Gasteiger partial charge in [-0.05, 0) is 18.4 Å². The van der Waals surface area contributed by atoms with Crippen molar-refractivity contribution < 1.29 is 22.0 Å². The first-order valence-corrected chi connectivity index (χ1v) is 5.33. The molecule has 0 fully saturated rings. The molecule has 0 saturated heterocycles. The van der Waals surface area contributed by atoms with Crippen molar-refractivity contribution in [1.82, 2.24) is 0 Å². The molecule has 0 saturated carbocycles. The maximum absolute atomic E-state index is 12.9. The third kappa shape index (κ3) is 3.17. The van der Waals surface area contributed by atoms with Crippen LogP contribution in [-0.4, -0.2) is 6.18 Å². The molecule has 0 N–H and O–H groups in total. The summed E-state index contributed by atoms with van der Waals surface area (Å²) in [5.41, 5.74) is -0.237. The van der Waals surface area contributed by atoms with Crippen molar-refractivity contribution in [3.05, 3.63) is 35.4 Å². The number of unbranched alkanes of at least 4 members (excludes halogenated alkanes) is 1. The van der Waals surface area contributed by atoms with Crippen molar-refractivity contribution in [3.8, 4) is 0 Å². The molecule has 0 aliphatic carbocycles. The average Bonchev–Trinajstić information content (AvgIpc) is 2.25. The number of hydrogen-bond donors (Lipinski definition) is 0. The Morgan fingerprint density at radius 1 is 0.941 bits per heavy atom. The first-order chi connectivity index (χ1) is 7.79. The summed E-state index contributed by atoms with van der Waals surface area (Å²) < 4.78 is 62.1. The highest BCUT2D eigenvalue weighted by atomic mass is 19.4. The van der Waals surface area contributed by atoms with Crippen LogP contribution in [0.5, 0.6) is 0 Å². The maximum Gasteiger partial charge on any atom is 0.458 e. The Kier molecular flexibility index (Phi) is 4.11. The predicted molar refractivity (Wildman–Crippen MR) is 55.0 cm³/mol. The Bertz CT molecular complexity index is 350. The molecular formula is C12H13F5. The van der Waals surface area contributed by atoms with Gasteiger partial charge in [-0.3, -0.25) is 0 Å². The number of aryl methyl sites for hydroxylation is 1. The molecule has 1 aromatic carbocycles. The number of halogens is 5. The minimum atomic E-state index is -5.54. The molecule has 17 heavy (non-hydrogen) atoms. The fourth-order valence-electron chi connectivity index (χ4n) is 1.43. The number of hydrogen-bond acceptors (Lipinski definition) is 0. The molecule has 0 spiro atoms. The third-order valence-electron chi connectivity index (χ3n) is 2.49. The summed E-state index contributed by atoms with van der Waals surface area (Å²) in [6.45, 7) is 1.98. The lowest BCUT2D eigenvalue weighted by Crippen LogP contribution is -2.33. The number of rotatable bonds is 4. The summed E-state index contributed by atoms with van der Waals surface area (Å²) in [7, 11) is 0. The van der Waals surface area contributed by atoms with E-state index < -0.39 is 17.7 Å². The van der Waals surface area contributed by atoms with Gasteiger partial charge in [-0.15, -0.1) is 0 Å². The lowest BCUT2D eigenvalue weighted by Gasteiger charge is -2.19. The molecule has 5 heteroatoms. The quantitative estimate of drug-likeness (QED) is 0.682. The van der Waals surface area contributed by atoms with E-state index >= 15 is 0 Å². The van der Waals surface area contributed by atoms with Gasteiger partial charge in [0.25, 0.3) is 0 Å². The second-order valence-electron chi connectivity index (χ2n) is 3.87. The van der Waals surface area contributed by atoms with Crippen LogP contribution >= 0.6 is 0 Å². The molecular weight excluding hydrogens is 239 g/mol. The summed E-state index contributed by atoms with van der Waals surface area (Å²) in [5.74, 6) is -4.78. The van der Waals surface area contributed by atoms with Gasteiger partial charge in [-0.2, -0.15) is 22.0 Å². The van der Waals surface area contributed by atoms with Gasteiger partial charge in [0.2, 0.25) is 0 Å². The van der Waals surface area contributed by atoms with Crippen LogP contribution < -0.4 is 0 Å². The molecule has 96 valence electrons. The van der Waals surface area contributed by atoms with Gasteiger partial charge < -0.3 is 0 Å². The highest BCUT2D eigenvalue weighted by Crippen LogP contribution is 2.43. The molecule has 0 heterocycles. The van der Waals surface area contributed by atoms with E-state index in [1.807, 2.05) is 6.92 Å². The van der Waals surface area contributed by atoms with Crippen molar-refractivity contribution >= 4 is 0 Å². The zero-order valence-corrected chi connectivity index (χ0v) is 9.32. The van der Waals surface area contributed by atoms with Crippen LogP contribution in [0.4, 0.5) is 22.0 Å². The summed E-state index contributed by atoms with van der Waals surface area (Å²) in [6, 6.07) is 4.34. The van der Waals surface area contributed by atoms with Crippen LogP contribution in [0.25, 0.3) is 0 Å². The Hall–Kier alpha value is -1.13. The highest BCUT2D eigenvalue weighted by Gasteiger charge is 2.58. The minimum absolute atomic E-state index is 0.689. The summed E-state index contributed by atoms with van der Waals surface area (Å²) >= 11 is 0. The predicted octanol–water partition coefficient (Wildman–Crippen LogP) is 4.68. The second kappa shape index (κ2) is 5.02. The molecule has 1 rings (SSSR count). The molecule has 1 aromatic rings. The monoisotopic (exact) mass is 252 g/mol. The number of benzene rings is 1. The van der Waals surface area contributed by atoms with Gasteiger partial charge in [-0.25, -0.2) is 0 Å². The van der Waals surface area contributed by atoms with Gasteiger partial charge in [0, 0.05) is 5.56 Å². The fraction of sp³-hybridized carbons (Fsp3) is 0.500. The Morgan fingerprint density at radius 3 is 1.88 bits per heavy atom. The van der Waals surface area contributed by atoms with Gasteiger partial charge in [0.15, 0.2) is 0 Å². The van der Waals surface area contributed by atoms with Crippen LogP contribution in [-0.2, 0) is 12.3 Å². The van der Waals surface area contributed by atoms with Crippen LogP contribution in [0.1, 0.15) is 30.9 Å². The summed E-state index contributed by atoms with van der Waals surface area (Å²) in [5, 5.41) is 0. The number of alkyl halides is 5. The minimum Gasteiger partial charge on any atom is -0.191 e. The van der Waals surface area contributed by atoms with E-state index in [4.69, 9.17) is 0 Å².